The second-order valence-corrected chi connectivity index (χ2v) is 6.85. The zero-order valence-corrected chi connectivity index (χ0v) is 15.6. The van der Waals surface area contributed by atoms with Crippen LogP contribution in [0.4, 0.5) is 0 Å². The minimum absolute atomic E-state index is 0.0549. The molecule has 1 atom stereocenters. The van der Waals surface area contributed by atoms with E-state index in [1.807, 2.05) is 30.9 Å². The fourth-order valence-electron chi connectivity index (χ4n) is 3.49. The van der Waals surface area contributed by atoms with Gasteiger partial charge in [0, 0.05) is 24.8 Å². The molecular weight excluding hydrogens is 330 g/mol. The summed E-state index contributed by atoms with van der Waals surface area (Å²) >= 11 is 0. The number of esters is 1. The molecule has 0 spiro atoms. The Morgan fingerprint density at radius 3 is 2.62 bits per heavy atom. The first-order chi connectivity index (χ1) is 12.5. The van der Waals surface area contributed by atoms with Gasteiger partial charge in [0.25, 0.3) is 5.91 Å². The SMILES string of the molecule is CCOC(=O)c1cnn([C@@H]2CCCN(C(=O)c3cc(C)cc(C)c3)C2)c1. The number of benzene rings is 1. The van der Waals surface area contributed by atoms with Gasteiger partial charge < -0.3 is 9.64 Å². The van der Waals surface area contributed by atoms with Crippen LogP contribution >= 0.6 is 0 Å². The lowest BCUT2D eigenvalue weighted by molar-refractivity contribution is 0.0525. The van der Waals surface area contributed by atoms with Crippen LogP contribution in [0.1, 0.15) is 57.7 Å². The van der Waals surface area contributed by atoms with E-state index < -0.39 is 0 Å². The number of amides is 1. The Hall–Kier alpha value is -2.63. The van der Waals surface area contributed by atoms with Crippen LogP contribution in [-0.2, 0) is 4.74 Å². The predicted molar refractivity (Wildman–Crippen MR) is 98.3 cm³/mol. The molecule has 1 aliphatic rings. The first-order valence-corrected chi connectivity index (χ1v) is 9.06. The standard InChI is InChI=1S/C20H25N3O3/c1-4-26-20(25)17-11-21-23(12-17)18-6-5-7-22(13-18)19(24)16-9-14(2)8-15(3)10-16/h8-12,18H,4-7,13H2,1-3H3/t18-/m1/s1. The largest absolute Gasteiger partial charge is 0.462 e. The van der Waals surface area contributed by atoms with E-state index >= 15 is 0 Å². The van der Waals surface area contributed by atoms with Crippen molar-refractivity contribution in [3.8, 4) is 0 Å². The van der Waals surface area contributed by atoms with E-state index in [9.17, 15) is 9.59 Å². The Balaban J connectivity index is 1.73. The molecule has 138 valence electrons. The molecule has 1 amide bonds. The summed E-state index contributed by atoms with van der Waals surface area (Å²) in [6, 6.07) is 6.01. The van der Waals surface area contributed by atoms with E-state index in [4.69, 9.17) is 4.74 Å². The molecule has 0 radical (unpaired) electrons. The third-order valence-electron chi connectivity index (χ3n) is 4.64. The van der Waals surface area contributed by atoms with Gasteiger partial charge in [0.05, 0.1) is 24.4 Å². The van der Waals surface area contributed by atoms with Crippen LogP contribution < -0.4 is 0 Å². The molecule has 1 fully saturated rings. The number of hydrogen-bond donors (Lipinski definition) is 0. The molecule has 3 rings (SSSR count). The zero-order chi connectivity index (χ0) is 18.7. The van der Waals surface area contributed by atoms with E-state index in [0.29, 0.717) is 18.7 Å². The summed E-state index contributed by atoms with van der Waals surface area (Å²) < 4.78 is 6.80. The van der Waals surface area contributed by atoms with Crippen LogP contribution in [0.2, 0.25) is 0 Å². The van der Waals surface area contributed by atoms with E-state index in [1.54, 1.807) is 17.8 Å². The van der Waals surface area contributed by atoms with Crippen molar-refractivity contribution in [3.05, 3.63) is 52.8 Å². The Kier molecular flexibility index (Phi) is 5.40. The molecule has 1 aromatic heterocycles. The quantitative estimate of drug-likeness (QED) is 0.790. The topological polar surface area (TPSA) is 64.4 Å². The van der Waals surface area contributed by atoms with Gasteiger partial charge in [-0.2, -0.15) is 5.10 Å². The monoisotopic (exact) mass is 355 g/mol. The number of piperidine rings is 1. The van der Waals surface area contributed by atoms with Crippen molar-refractivity contribution in [1.29, 1.82) is 0 Å². The number of nitrogens with zero attached hydrogens (tertiary/aromatic N) is 3. The van der Waals surface area contributed by atoms with Crippen molar-refractivity contribution in [2.24, 2.45) is 0 Å². The van der Waals surface area contributed by atoms with Gasteiger partial charge in [0.2, 0.25) is 0 Å². The molecule has 2 aromatic rings. The van der Waals surface area contributed by atoms with E-state index in [1.165, 1.54) is 6.20 Å². The smallest absolute Gasteiger partial charge is 0.341 e. The van der Waals surface area contributed by atoms with Crippen LogP contribution in [0.3, 0.4) is 0 Å². The minimum atomic E-state index is -0.363. The average molecular weight is 355 g/mol. The number of aryl methyl sites for hydroxylation is 2. The van der Waals surface area contributed by atoms with Gasteiger partial charge in [0.1, 0.15) is 0 Å². The molecule has 0 unspecified atom stereocenters. The lowest BCUT2D eigenvalue weighted by Crippen LogP contribution is -2.40. The van der Waals surface area contributed by atoms with Gasteiger partial charge >= 0.3 is 5.97 Å². The molecule has 26 heavy (non-hydrogen) atoms. The van der Waals surface area contributed by atoms with Crippen LogP contribution in [-0.4, -0.2) is 46.3 Å². The Bertz CT molecular complexity index is 792. The van der Waals surface area contributed by atoms with Gasteiger partial charge in [-0.3, -0.25) is 9.48 Å². The molecule has 1 aromatic carbocycles. The average Bonchev–Trinajstić information content (AvgIpc) is 3.11. The van der Waals surface area contributed by atoms with Crippen LogP contribution in [0.5, 0.6) is 0 Å². The molecule has 2 heterocycles. The van der Waals surface area contributed by atoms with Crippen molar-refractivity contribution in [2.45, 2.75) is 39.7 Å². The highest BCUT2D eigenvalue weighted by atomic mass is 16.5. The molecule has 0 bridgehead atoms. The third-order valence-corrected chi connectivity index (χ3v) is 4.64. The number of ether oxygens (including phenoxy) is 1. The molecular formula is C20H25N3O3. The summed E-state index contributed by atoms with van der Waals surface area (Å²) in [7, 11) is 0. The molecule has 6 nitrogen and oxygen atoms in total. The molecule has 0 saturated carbocycles. The van der Waals surface area contributed by atoms with E-state index in [-0.39, 0.29) is 17.9 Å². The molecule has 6 heteroatoms. The molecule has 1 aliphatic heterocycles. The maximum atomic E-state index is 12.9. The number of hydrogen-bond acceptors (Lipinski definition) is 4. The van der Waals surface area contributed by atoms with Gasteiger partial charge in [-0.05, 0) is 45.7 Å². The van der Waals surface area contributed by atoms with E-state index in [2.05, 4.69) is 11.2 Å². The number of carbonyl (C=O) groups excluding carboxylic acids is 2. The van der Waals surface area contributed by atoms with Crippen LogP contribution in [0.15, 0.2) is 30.6 Å². The fraction of sp³-hybridized carbons (Fsp3) is 0.450. The van der Waals surface area contributed by atoms with Crippen LogP contribution in [0.25, 0.3) is 0 Å². The highest BCUT2D eigenvalue weighted by Crippen LogP contribution is 2.23. The van der Waals surface area contributed by atoms with Gasteiger partial charge in [-0.25, -0.2) is 4.79 Å². The first kappa shape index (κ1) is 18.2. The van der Waals surface area contributed by atoms with Crippen molar-refractivity contribution < 1.29 is 14.3 Å². The van der Waals surface area contributed by atoms with Gasteiger partial charge in [-0.15, -0.1) is 0 Å². The van der Waals surface area contributed by atoms with Crippen LogP contribution in [0, 0.1) is 13.8 Å². The Morgan fingerprint density at radius 2 is 1.92 bits per heavy atom. The number of likely N-dealkylation sites (tertiary alicyclic amines) is 1. The minimum Gasteiger partial charge on any atom is -0.462 e. The molecule has 0 aliphatic carbocycles. The van der Waals surface area contributed by atoms with Crippen molar-refractivity contribution in [2.75, 3.05) is 19.7 Å². The Labute approximate surface area is 153 Å². The summed E-state index contributed by atoms with van der Waals surface area (Å²) in [6.07, 6.45) is 5.09. The maximum Gasteiger partial charge on any atom is 0.341 e. The third kappa shape index (κ3) is 3.95. The number of rotatable bonds is 4. The lowest BCUT2D eigenvalue weighted by Gasteiger charge is -2.33. The molecule has 0 N–H and O–H groups in total. The fourth-order valence-corrected chi connectivity index (χ4v) is 3.49. The second kappa shape index (κ2) is 7.72. The predicted octanol–water partition coefficient (Wildman–Crippen LogP) is 3.15. The highest BCUT2D eigenvalue weighted by Gasteiger charge is 2.26. The molecule has 1 saturated heterocycles. The summed E-state index contributed by atoms with van der Waals surface area (Å²) in [5, 5.41) is 4.32. The Morgan fingerprint density at radius 1 is 1.19 bits per heavy atom. The zero-order valence-electron chi connectivity index (χ0n) is 15.6. The van der Waals surface area contributed by atoms with E-state index in [0.717, 1.165) is 36.1 Å². The van der Waals surface area contributed by atoms with Crippen molar-refractivity contribution in [1.82, 2.24) is 14.7 Å². The first-order valence-electron chi connectivity index (χ1n) is 9.06. The number of aromatic nitrogens is 2. The van der Waals surface area contributed by atoms with Crippen molar-refractivity contribution in [3.63, 3.8) is 0 Å². The van der Waals surface area contributed by atoms with Gasteiger partial charge in [-0.1, -0.05) is 17.2 Å². The van der Waals surface area contributed by atoms with Crippen molar-refractivity contribution >= 4 is 11.9 Å². The lowest BCUT2D eigenvalue weighted by atomic mass is 10.0. The normalized spacial score (nSPS) is 17.2. The summed E-state index contributed by atoms with van der Waals surface area (Å²) in [5.74, 6) is -0.308. The summed E-state index contributed by atoms with van der Waals surface area (Å²) in [6.45, 7) is 7.46. The van der Waals surface area contributed by atoms with Gasteiger partial charge in [0.15, 0.2) is 0 Å². The summed E-state index contributed by atoms with van der Waals surface area (Å²) in [5.41, 5.74) is 3.36. The number of carbonyl (C=O) groups is 2. The summed E-state index contributed by atoms with van der Waals surface area (Å²) in [4.78, 5) is 26.6. The maximum absolute atomic E-state index is 12.9. The second-order valence-electron chi connectivity index (χ2n) is 6.85. The highest BCUT2D eigenvalue weighted by molar-refractivity contribution is 5.94.